The van der Waals surface area contributed by atoms with Gasteiger partial charge in [0, 0.05) is 23.3 Å². The highest BCUT2D eigenvalue weighted by molar-refractivity contribution is 5.97. The molecule has 0 unspecified atom stereocenters. The number of anilines is 2. The summed E-state index contributed by atoms with van der Waals surface area (Å²) >= 11 is 0. The van der Waals surface area contributed by atoms with Gasteiger partial charge < -0.3 is 14.8 Å². The minimum absolute atomic E-state index is 0.00946. The monoisotopic (exact) mass is 429 g/mol. The van der Waals surface area contributed by atoms with Gasteiger partial charge in [-0.3, -0.25) is 4.98 Å². The highest BCUT2D eigenvalue weighted by atomic mass is 19.4. The number of aromatic nitrogens is 1. The number of methoxy groups -OCH3 is 1. The van der Waals surface area contributed by atoms with Crippen molar-refractivity contribution >= 4 is 22.3 Å². The van der Waals surface area contributed by atoms with Crippen molar-refractivity contribution in [2.45, 2.75) is 39.0 Å². The zero-order valence-electron chi connectivity index (χ0n) is 17.4. The lowest BCUT2D eigenvalue weighted by atomic mass is 10.1. The van der Waals surface area contributed by atoms with E-state index in [1.165, 1.54) is 25.4 Å². The van der Waals surface area contributed by atoms with Crippen LogP contribution in [0.25, 0.3) is 10.9 Å². The molecule has 2 aromatic carbocycles. The van der Waals surface area contributed by atoms with E-state index < -0.39 is 11.7 Å². The first-order valence-electron chi connectivity index (χ1n) is 9.82. The molecule has 0 aliphatic rings. The number of halogens is 3. The van der Waals surface area contributed by atoms with Crippen molar-refractivity contribution in [3.8, 4) is 17.6 Å². The van der Waals surface area contributed by atoms with E-state index in [-0.39, 0.29) is 11.7 Å². The lowest BCUT2D eigenvalue weighted by Gasteiger charge is -2.19. The molecule has 0 fully saturated rings. The predicted molar refractivity (Wildman–Crippen MR) is 113 cm³/mol. The second kappa shape index (κ2) is 9.13. The van der Waals surface area contributed by atoms with E-state index in [4.69, 9.17) is 9.47 Å². The van der Waals surface area contributed by atoms with E-state index >= 15 is 0 Å². The molecule has 0 aliphatic carbocycles. The number of ether oxygens (including phenoxy) is 2. The van der Waals surface area contributed by atoms with Gasteiger partial charge in [0.05, 0.1) is 35.5 Å². The van der Waals surface area contributed by atoms with Crippen LogP contribution in [-0.2, 0) is 6.18 Å². The summed E-state index contributed by atoms with van der Waals surface area (Å²) in [6.45, 7) is 4.04. The fourth-order valence-electron chi connectivity index (χ4n) is 3.19. The molecule has 0 spiro atoms. The van der Waals surface area contributed by atoms with Crippen LogP contribution >= 0.6 is 0 Å². The van der Waals surface area contributed by atoms with E-state index in [1.807, 2.05) is 13.8 Å². The molecule has 0 aliphatic heterocycles. The van der Waals surface area contributed by atoms with Gasteiger partial charge in [-0.25, -0.2) is 0 Å². The summed E-state index contributed by atoms with van der Waals surface area (Å²) in [7, 11) is 1.53. The van der Waals surface area contributed by atoms with Crippen LogP contribution in [0.4, 0.5) is 24.5 Å². The number of nitrogens with one attached hydrogen (secondary N) is 1. The third-order valence-electron chi connectivity index (χ3n) is 4.96. The molecule has 3 aromatic rings. The van der Waals surface area contributed by atoms with Crippen LogP contribution in [0.1, 0.15) is 37.8 Å². The topological polar surface area (TPSA) is 67.2 Å². The molecule has 31 heavy (non-hydrogen) atoms. The van der Waals surface area contributed by atoms with Gasteiger partial charge in [-0.05, 0) is 43.2 Å². The average molecular weight is 429 g/mol. The van der Waals surface area contributed by atoms with Crippen LogP contribution in [0, 0.1) is 11.3 Å². The molecule has 5 nitrogen and oxygen atoms in total. The molecular formula is C23H22F3N3O2. The van der Waals surface area contributed by atoms with Gasteiger partial charge in [-0.2, -0.15) is 18.4 Å². The number of pyridine rings is 1. The van der Waals surface area contributed by atoms with Crippen LogP contribution in [0.5, 0.6) is 11.5 Å². The number of hydrogen-bond donors (Lipinski definition) is 1. The fraction of sp³-hybridized carbons (Fsp3) is 0.304. The largest absolute Gasteiger partial charge is 0.493 e. The Hall–Kier alpha value is -3.47. The average Bonchev–Trinajstić information content (AvgIpc) is 2.77. The van der Waals surface area contributed by atoms with E-state index in [9.17, 15) is 18.4 Å². The van der Waals surface area contributed by atoms with Crippen LogP contribution in [-0.4, -0.2) is 18.2 Å². The van der Waals surface area contributed by atoms with Gasteiger partial charge in [0.1, 0.15) is 6.07 Å². The third-order valence-corrected chi connectivity index (χ3v) is 4.96. The van der Waals surface area contributed by atoms with Crippen molar-refractivity contribution in [3.05, 3.63) is 53.7 Å². The highest BCUT2D eigenvalue weighted by Gasteiger charge is 2.30. The summed E-state index contributed by atoms with van der Waals surface area (Å²) in [6, 6.07) is 10.2. The molecule has 3 rings (SSSR count). The van der Waals surface area contributed by atoms with E-state index in [0.29, 0.717) is 33.8 Å². The Balaban J connectivity index is 2.09. The lowest BCUT2D eigenvalue weighted by Crippen LogP contribution is -2.14. The molecule has 0 bridgehead atoms. The molecule has 0 saturated carbocycles. The zero-order valence-corrected chi connectivity index (χ0v) is 17.4. The Morgan fingerprint density at radius 2 is 1.77 bits per heavy atom. The van der Waals surface area contributed by atoms with Gasteiger partial charge in [0.15, 0.2) is 11.5 Å². The Bertz CT molecular complexity index is 1100. The predicted octanol–water partition coefficient (Wildman–Crippen LogP) is 6.44. The second-order valence-corrected chi connectivity index (χ2v) is 6.94. The van der Waals surface area contributed by atoms with Crippen molar-refractivity contribution in [3.63, 3.8) is 0 Å². The minimum Gasteiger partial charge on any atom is -0.493 e. The van der Waals surface area contributed by atoms with Crippen LogP contribution in [0.15, 0.2) is 42.6 Å². The number of benzene rings is 2. The van der Waals surface area contributed by atoms with Gasteiger partial charge >= 0.3 is 6.18 Å². The number of rotatable bonds is 7. The second-order valence-electron chi connectivity index (χ2n) is 6.94. The molecule has 1 heterocycles. The lowest BCUT2D eigenvalue weighted by molar-refractivity contribution is -0.137. The number of nitriles is 1. The number of fused-ring (bicyclic) bond motifs is 1. The smallest absolute Gasteiger partial charge is 0.416 e. The van der Waals surface area contributed by atoms with E-state index in [2.05, 4.69) is 16.4 Å². The van der Waals surface area contributed by atoms with Gasteiger partial charge in [-0.1, -0.05) is 13.8 Å². The normalized spacial score (nSPS) is 11.4. The van der Waals surface area contributed by atoms with Gasteiger partial charge in [0.25, 0.3) is 0 Å². The third kappa shape index (κ3) is 4.82. The van der Waals surface area contributed by atoms with Crippen LogP contribution < -0.4 is 14.8 Å². The zero-order chi connectivity index (χ0) is 22.6. The molecular weight excluding hydrogens is 407 g/mol. The fourth-order valence-corrected chi connectivity index (χ4v) is 3.19. The maximum atomic E-state index is 12.9. The Kier molecular flexibility index (Phi) is 6.54. The van der Waals surface area contributed by atoms with Crippen molar-refractivity contribution in [1.29, 1.82) is 5.26 Å². The first kappa shape index (κ1) is 22.2. The first-order valence-corrected chi connectivity index (χ1v) is 9.82. The molecule has 0 atom stereocenters. The molecule has 1 aromatic heterocycles. The van der Waals surface area contributed by atoms with E-state index in [1.54, 1.807) is 12.1 Å². The maximum absolute atomic E-state index is 12.9. The summed E-state index contributed by atoms with van der Waals surface area (Å²) in [5, 5.41) is 13.2. The highest BCUT2D eigenvalue weighted by Crippen LogP contribution is 2.38. The number of nitrogens with zero attached hydrogens (tertiary/aromatic N) is 2. The molecule has 0 radical (unpaired) electrons. The summed E-state index contributed by atoms with van der Waals surface area (Å²) in [5.74, 6) is 1.02. The number of hydrogen-bond acceptors (Lipinski definition) is 5. The van der Waals surface area contributed by atoms with E-state index in [0.717, 1.165) is 25.0 Å². The van der Waals surface area contributed by atoms with Gasteiger partial charge in [-0.15, -0.1) is 0 Å². The Morgan fingerprint density at radius 1 is 1.10 bits per heavy atom. The van der Waals surface area contributed by atoms with Crippen LogP contribution in [0.3, 0.4) is 0 Å². The van der Waals surface area contributed by atoms with Gasteiger partial charge in [0.2, 0.25) is 0 Å². The van der Waals surface area contributed by atoms with Crippen molar-refractivity contribution in [2.75, 3.05) is 12.4 Å². The summed E-state index contributed by atoms with van der Waals surface area (Å²) < 4.78 is 50.1. The Morgan fingerprint density at radius 3 is 2.32 bits per heavy atom. The quantitative estimate of drug-likeness (QED) is 0.468. The minimum atomic E-state index is -4.42. The van der Waals surface area contributed by atoms with Crippen molar-refractivity contribution in [2.24, 2.45) is 0 Å². The molecule has 1 N–H and O–H groups in total. The van der Waals surface area contributed by atoms with Crippen molar-refractivity contribution in [1.82, 2.24) is 4.98 Å². The number of alkyl halides is 3. The van der Waals surface area contributed by atoms with Crippen LogP contribution in [0.2, 0.25) is 0 Å². The first-order chi connectivity index (χ1) is 14.8. The SMILES string of the molecule is CCC(CC)Oc1cc2c(Nc3ccc(C(F)(F)F)cc3)c(C#N)cnc2cc1OC. The summed E-state index contributed by atoms with van der Waals surface area (Å²) in [6.07, 6.45) is -1.40. The van der Waals surface area contributed by atoms with Crippen molar-refractivity contribution < 1.29 is 22.6 Å². The summed E-state index contributed by atoms with van der Waals surface area (Å²) in [5.41, 5.74) is 0.913. The molecule has 162 valence electrons. The molecule has 0 saturated heterocycles. The molecule has 8 heteroatoms. The Labute approximate surface area is 178 Å². The summed E-state index contributed by atoms with van der Waals surface area (Å²) in [4.78, 5) is 4.32. The standard InChI is InChI=1S/C23H22F3N3O2/c1-4-17(5-2)31-21-10-18-19(11-20(21)30-3)28-13-14(12-27)22(18)29-16-8-6-15(7-9-16)23(24,25)26/h6-11,13,17H,4-5H2,1-3H3,(H,28,29). The molecule has 0 amide bonds. The maximum Gasteiger partial charge on any atom is 0.416 e.